The Morgan fingerprint density at radius 2 is 1.70 bits per heavy atom. The van der Waals surface area contributed by atoms with Crippen molar-refractivity contribution in [3.63, 3.8) is 0 Å². The molecule has 0 aliphatic carbocycles. The van der Waals surface area contributed by atoms with Gasteiger partial charge in [-0.05, 0) is 41.8 Å². The lowest BCUT2D eigenvalue weighted by atomic mass is 9.94. The normalized spacial score (nSPS) is 15.5. The number of ketones is 1. The Morgan fingerprint density at radius 1 is 0.946 bits per heavy atom. The van der Waals surface area contributed by atoms with E-state index in [1.165, 1.54) is 25.2 Å². The largest absolute Gasteiger partial charge is 0.504 e. The first-order chi connectivity index (χ1) is 17.9. The molecule has 37 heavy (non-hydrogen) atoms. The number of hydrogen-bond donors (Lipinski definition) is 2. The summed E-state index contributed by atoms with van der Waals surface area (Å²) < 4.78 is 16.4. The Morgan fingerprint density at radius 3 is 2.43 bits per heavy atom. The SMILES string of the molecule is COc1cc(C2C(C(=O)c3cc4cccc(OC)c4o3)=C(O)C(=O)N2CCc2ccccc2)ccc1O. The number of Topliss-reactive ketones (excluding diaryl/α,β-unsaturated/α-hetero) is 1. The number of rotatable bonds is 8. The standard InChI is InChI=1S/C29H25NO7/c1-35-21-10-6-9-19-16-23(37-28(19)21)26(32)24-25(18-11-12-20(31)22(15-18)36-2)30(29(34)27(24)33)14-13-17-7-4-3-5-8-17/h3-12,15-16,25,31,33H,13-14H2,1-2H3. The second-order valence-electron chi connectivity index (χ2n) is 8.65. The number of carbonyl (C=O) groups excluding carboxylic acids is 2. The van der Waals surface area contributed by atoms with Gasteiger partial charge < -0.3 is 29.0 Å². The maximum absolute atomic E-state index is 13.8. The van der Waals surface area contributed by atoms with Crippen molar-refractivity contribution in [3.05, 3.63) is 101 Å². The van der Waals surface area contributed by atoms with E-state index in [2.05, 4.69) is 0 Å². The number of aliphatic hydroxyl groups is 1. The number of para-hydroxylation sites is 1. The quantitative estimate of drug-likeness (QED) is 0.329. The number of furan rings is 1. The smallest absolute Gasteiger partial charge is 0.290 e. The number of aromatic hydroxyl groups is 1. The van der Waals surface area contributed by atoms with E-state index in [1.54, 1.807) is 36.4 Å². The van der Waals surface area contributed by atoms with Crippen LogP contribution in [-0.2, 0) is 11.2 Å². The first kappa shape index (κ1) is 24.0. The molecule has 3 aromatic carbocycles. The lowest BCUT2D eigenvalue weighted by molar-refractivity contribution is -0.129. The number of amides is 1. The number of fused-ring (bicyclic) bond motifs is 1. The van der Waals surface area contributed by atoms with Gasteiger partial charge in [0.25, 0.3) is 5.91 Å². The summed E-state index contributed by atoms with van der Waals surface area (Å²) in [6.07, 6.45) is 0.509. The lowest BCUT2D eigenvalue weighted by Gasteiger charge is -2.27. The van der Waals surface area contributed by atoms with Crippen molar-refractivity contribution in [1.82, 2.24) is 4.90 Å². The highest BCUT2D eigenvalue weighted by atomic mass is 16.5. The molecule has 5 rings (SSSR count). The molecule has 1 aliphatic heterocycles. The Bertz CT molecular complexity index is 1520. The number of nitrogens with zero attached hydrogens (tertiary/aromatic N) is 1. The monoisotopic (exact) mass is 499 g/mol. The van der Waals surface area contributed by atoms with Gasteiger partial charge in [-0.25, -0.2) is 0 Å². The fourth-order valence-electron chi connectivity index (χ4n) is 4.66. The van der Waals surface area contributed by atoms with Crippen LogP contribution in [0.5, 0.6) is 17.2 Å². The van der Waals surface area contributed by atoms with Crippen LogP contribution in [0.1, 0.15) is 27.7 Å². The molecule has 0 fully saturated rings. The predicted molar refractivity (Wildman–Crippen MR) is 136 cm³/mol. The average Bonchev–Trinajstić information content (AvgIpc) is 3.47. The molecule has 0 radical (unpaired) electrons. The number of methoxy groups -OCH3 is 2. The van der Waals surface area contributed by atoms with Gasteiger partial charge in [0.1, 0.15) is 0 Å². The highest BCUT2D eigenvalue weighted by Crippen LogP contribution is 2.42. The van der Waals surface area contributed by atoms with Crippen molar-refractivity contribution in [1.29, 1.82) is 0 Å². The van der Waals surface area contributed by atoms with Crippen LogP contribution in [0.15, 0.2) is 88.5 Å². The summed E-state index contributed by atoms with van der Waals surface area (Å²) in [7, 11) is 2.91. The molecule has 1 unspecified atom stereocenters. The van der Waals surface area contributed by atoms with Gasteiger partial charge in [0, 0.05) is 11.9 Å². The van der Waals surface area contributed by atoms with Gasteiger partial charge in [-0.15, -0.1) is 0 Å². The maximum Gasteiger partial charge on any atom is 0.290 e. The number of phenolic OH excluding ortho intramolecular Hbond substituents is 1. The number of ether oxygens (including phenoxy) is 2. The molecule has 8 heteroatoms. The summed E-state index contributed by atoms with van der Waals surface area (Å²) in [5.41, 5.74) is 1.78. The van der Waals surface area contributed by atoms with Gasteiger partial charge in [0.05, 0.1) is 25.8 Å². The molecule has 188 valence electrons. The van der Waals surface area contributed by atoms with E-state index in [9.17, 15) is 19.8 Å². The molecule has 0 spiro atoms. The summed E-state index contributed by atoms with van der Waals surface area (Å²) in [5.74, 6) is -1.40. The van der Waals surface area contributed by atoms with Crippen molar-refractivity contribution < 1.29 is 33.7 Å². The van der Waals surface area contributed by atoms with E-state index in [0.29, 0.717) is 28.7 Å². The topological polar surface area (TPSA) is 109 Å². The van der Waals surface area contributed by atoms with Crippen molar-refractivity contribution in [2.24, 2.45) is 0 Å². The lowest BCUT2D eigenvalue weighted by Crippen LogP contribution is -2.33. The minimum atomic E-state index is -0.923. The average molecular weight is 500 g/mol. The van der Waals surface area contributed by atoms with Crippen molar-refractivity contribution >= 4 is 22.7 Å². The number of benzene rings is 3. The molecule has 8 nitrogen and oxygen atoms in total. The van der Waals surface area contributed by atoms with Gasteiger partial charge in [-0.3, -0.25) is 9.59 Å². The van der Waals surface area contributed by atoms with E-state index in [4.69, 9.17) is 13.9 Å². The van der Waals surface area contributed by atoms with Crippen LogP contribution < -0.4 is 9.47 Å². The highest BCUT2D eigenvalue weighted by molar-refractivity contribution is 6.16. The van der Waals surface area contributed by atoms with Crippen LogP contribution >= 0.6 is 0 Å². The molecular formula is C29H25NO7. The van der Waals surface area contributed by atoms with Gasteiger partial charge in [-0.2, -0.15) is 0 Å². The fraction of sp³-hybridized carbons (Fsp3) is 0.172. The molecule has 1 amide bonds. The van der Waals surface area contributed by atoms with Crippen LogP contribution in [-0.4, -0.2) is 47.6 Å². The Kier molecular flexibility index (Phi) is 6.31. The molecule has 1 aliphatic rings. The molecule has 1 aromatic heterocycles. The maximum atomic E-state index is 13.8. The Labute approximate surface area is 213 Å². The zero-order chi connectivity index (χ0) is 26.1. The highest BCUT2D eigenvalue weighted by Gasteiger charge is 2.44. The Balaban J connectivity index is 1.58. The Hall–Kier alpha value is -4.72. The molecule has 0 saturated heterocycles. The van der Waals surface area contributed by atoms with E-state index < -0.39 is 23.5 Å². The summed E-state index contributed by atoms with van der Waals surface area (Å²) >= 11 is 0. The van der Waals surface area contributed by atoms with Crippen LogP contribution in [0.3, 0.4) is 0 Å². The van der Waals surface area contributed by atoms with Crippen molar-refractivity contribution in [2.75, 3.05) is 20.8 Å². The van der Waals surface area contributed by atoms with E-state index in [-0.39, 0.29) is 29.4 Å². The van der Waals surface area contributed by atoms with E-state index in [1.807, 2.05) is 30.3 Å². The second kappa shape index (κ2) is 9.73. The minimum absolute atomic E-state index is 0.0329. The van der Waals surface area contributed by atoms with E-state index in [0.717, 1.165) is 5.56 Å². The van der Waals surface area contributed by atoms with Crippen molar-refractivity contribution in [2.45, 2.75) is 12.5 Å². The van der Waals surface area contributed by atoms with Gasteiger partial charge in [0.15, 0.2) is 34.4 Å². The first-order valence-corrected chi connectivity index (χ1v) is 11.7. The second-order valence-corrected chi connectivity index (χ2v) is 8.65. The third-order valence-electron chi connectivity index (χ3n) is 6.50. The van der Waals surface area contributed by atoms with E-state index >= 15 is 0 Å². The summed E-state index contributed by atoms with van der Waals surface area (Å²) in [4.78, 5) is 28.5. The number of aliphatic hydroxyl groups excluding tert-OH is 1. The molecule has 0 bridgehead atoms. The van der Waals surface area contributed by atoms with Crippen LogP contribution in [0.25, 0.3) is 11.0 Å². The molecule has 0 saturated carbocycles. The molecule has 4 aromatic rings. The summed E-state index contributed by atoms with van der Waals surface area (Å²) in [6.45, 7) is 0.242. The molecule has 2 N–H and O–H groups in total. The van der Waals surface area contributed by atoms with Crippen LogP contribution in [0.2, 0.25) is 0 Å². The summed E-state index contributed by atoms with van der Waals surface area (Å²) in [6, 6.07) is 20.1. The minimum Gasteiger partial charge on any atom is -0.504 e. The fourth-order valence-corrected chi connectivity index (χ4v) is 4.66. The van der Waals surface area contributed by atoms with Crippen LogP contribution in [0, 0.1) is 0 Å². The number of hydrogen-bond acceptors (Lipinski definition) is 7. The first-order valence-electron chi connectivity index (χ1n) is 11.7. The van der Waals surface area contributed by atoms with Crippen molar-refractivity contribution in [3.8, 4) is 17.2 Å². The molecular weight excluding hydrogens is 474 g/mol. The predicted octanol–water partition coefficient (Wildman–Crippen LogP) is 4.98. The molecule has 2 heterocycles. The number of carbonyl (C=O) groups is 2. The summed E-state index contributed by atoms with van der Waals surface area (Å²) in [5, 5.41) is 21.7. The zero-order valence-electron chi connectivity index (χ0n) is 20.3. The molecule has 1 atom stereocenters. The van der Waals surface area contributed by atoms with Gasteiger partial charge in [0.2, 0.25) is 5.78 Å². The van der Waals surface area contributed by atoms with Gasteiger partial charge >= 0.3 is 0 Å². The third kappa shape index (κ3) is 4.27. The number of phenols is 1. The third-order valence-corrected chi connectivity index (χ3v) is 6.50. The van der Waals surface area contributed by atoms with Crippen LogP contribution in [0.4, 0.5) is 0 Å². The van der Waals surface area contributed by atoms with Gasteiger partial charge in [-0.1, -0.05) is 48.5 Å². The zero-order valence-corrected chi connectivity index (χ0v) is 20.3.